The molecule has 0 N–H and O–H groups in total. The number of unbranched alkanes of at least 4 members (excludes halogenated alkanes) is 3. The van der Waals surface area contributed by atoms with Crippen LogP contribution in [-0.4, -0.2) is 15.0 Å². The number of hydrogen-bond donors (Lipinski definition) is 0. The van der Waals surface area contributed by atoms with Crippen LogP contribution in [0, 0.1) is 26.0 Å². The maximum atomic E-state index is 5.53. The fraction of sp³-hybridized carbons (Fsp3) is 0.101. The minimum absolute atomic E-state index is 0. The fourth-order valence-corrected chi connectivity index (χ4v) is 12.5. The van der Waals surface area contributed by atoms with Crippen LogP contribution in [0.4, 0.5) is 0 Å². The summed E-state index contributed by atoms with van der Waals surface area (Å²) in [6, 6.07) is 99.9. The number of hydrogen-bond acceptors (Lipinski definition) is 4. The van der Waals surface area contributed by atoms with Crippen molar-refractivity contribution in [1.82, 2.24) is 15.0 Å². The smallest absolute Gasteiger partial charge is 0.0763 e. The summed E-state index contributed by atoms with van der Waals surface area (Å²) in [6.07, 6.45) is 7.18. The molecule has 0 aliphatic heterocycles. The van der Waals surface area contributed by atoms with Gasteiger partial charge in [0.25, 0.3) is 0 Å². The molecule has 409 valence electrons. The number of fused-ring (bicyclic) bond motifs is 4. The van der Waals surface area contributed by atoms with Gasteiger partial charge in [-0.3, -0.25) is 15.0 Å². The van der Waals surface area contributed by atoms with E-state index >= 15 is 0 Å². The van der Waals surface area contributed by atoms with Gasteiger partial charge in [0.15, 0.2) is 0 Å². The van der Waals surface area contributed by atoms with Gasteiger partial charge in [-0.25, -0.2) is 0 Å². The molecular formula is C79H61IrN3S-2. The van der Waals surface area contributed by atoms with Crippen molar-refractivity contribution < 1.29 is 20.1 Å². The van der Waals surface area contributed by atoms with Crippen molar-refractivity contribution in [3.8, 4) is 77.7 Å². The molecule has 0 aliphatic carbocycles. The average molecular weight is 1280 g/mol. The SMILES string of the molecule is Cc1cccc(C)c1-c1nc(-c2[c-]ccc(-c3cccc(CCCCCCc4ccccc4)c3)c2)nc2c(-c3ccc4ccccc4c3)cc(-c3ccc4ccccc4c3)cc12.[Ir].[c-]1ccc(-c2ccccc2)cc1-c1nc2ccccc2s1. The minimum Gasteiger partial charge on any atom is -0.285 e. The van der Waals surface area contributed by atoms with E-state index < -0.39 is 0 Å². The molecule has 0 amide bonds. The second-order valence-corrected chi connectivity index (χ2v) is 22.7. The quantitative estimate of drug-likeness (QED) is 0.0804. The van der Waals surface area contributed by atoms with Crippen molar-refractivity contribution in [3.05, 3.63) is 295 Å². The third kappa shape index (κ3) is 12.4. The van der Waals surface area contributed by atoms with Crippen LogP contribution in [0.2, 0.25) is 0 Å². The van der Waals surface area contributed by atoms with E-state index in [2.05, 4.69) is 257 Å². The number of aromatic nitrogens is 3. The van der Waals surface area contributed by atoms with E-state index in [0.29, 0.717) is 5.82 Å². The summed E-state index contributed by atoms with van der Waals surface area (Å²) in [6.45, 7) is 4.38. The monoisotopic (exact) mass is 1280 g/mol. The Bertz CT molecular complexity index is 4550. The molecule has 0 aliphatic rings. The third-order valence-corrected chi connectivity index (χ3v) is 17.0. The molecular weight excluding hydrogens is 1220 g/mol. The summed E-state index contributed by atoms with van der Waals surface area (Å²) < 4.78 is 1.21. The summed E-state index contributed by atoms with van der Waals surface area (Å²) in [4.78, 5) is 15.8. The molecule has 1 radical (unpaired) electrons. The number of thiazole rings is 1. The van der Waals surface area contributed by atoms with Crippen LogP contribution >= 0.6 is 11.3 Å². The maximum Gasteiger partial charge on any atom is 0.0763 e. The minimum atomic E-state index is 0. The van der Waals surface area contributed by atoms with Crippen molar-refractivity contribution in [2.24, 2.45) is 0 Å². The van der Waals surface area contributed by atoms with Crippen molar-refractivity contribution in [2.75, 3.05) is 0 Å². The van der Waals surface area contributed by atoms with Gasteiger partial charge < -0.3 is 0 Å². The molecule has 0 saturated heterocycles. The van der Waals surface area contributed by atoms with E-state index in [1.54, 1.807) is 11.3 Å². The van der Waals surface area contributed by atoms with Gasteiger partial charge in [0, 0.05) is 46.3 Å². The first-order chi connectivity index (χ1) is 40.9. The molecule has 0 unspecified atom stereocenters. The second-order valence-electron chi connectivity index (χ2n) is 21.6. The van der Waals surface area contributed by atoms with Gasteiger partial charge in [-0.15, -0.1) is 70.8 Å². The molecule has 0 bridgehead atoms. The van der Waals surface area contributed by atoms with Crippen LogP contribution in [-0.2, 0) is 32.9 Å². The van der Waals surface area contributed by atoms with E-state index in [-0.39, 0.29) is 20.1 Å². The summed E-state index contributed by atoms with van der Waals surface area (Å²) in [5.74, 6) is 0.671. The number of aryl methyl sites for hydroxylation is 4. The molecule has 14 aromatic rings. The topological polar surface area (TPSA) is 38.7 Å². The number of benzene rings is 12. The predicted molar refractivity (Wildman–Crippen MR) is 352 cm³/mol. The van der Waals surface area contributed by atoms with E-state index in [4.69, 9.17) is 15.0 Å². The van der Waals surface area contributed by atoms with Crippen LogP contribution < -0.4 is 0 Å². The van der Waals surface area contributed by atoms with Gasteiger partial charge in [-0.1, -0.05) is 201 Å². The molecule has 3 nitrogen and oxygen atoms in total. The zero-order valence-electron chi connectivity index (χ0n) is 47.2. The number of rotatable bonds is 14. The Kier molecular flexibility index (Phi) is 17.0. The van der Waals surface area contributed by atoms with E-state index in [1.807, 2.05) is 30.3 Å². The largest absolute Gasteiger partial charge is 0.285 e. The van der Waals surface area contributed by atoms with E-state index in [9.17, 15) is 0 Å². The van der Waals surface area contributed by atoms with Crippen LogP contribution in [0.15, 0.2) is 261 Å². The molecule has 0 saturated carbocycles. The summed E-state index contributed by atoms with van der Waals surface area (Å²) in [7, 11) is 0. The summed E-state index contributed by atoms with van der Waals surface area (Å²) in [5, 5.41) is 6.91. The Labute approximate surface area is 510 Å². The van der Waals surface area contributed by atoms with Crippen LogP contribution in [0.1, 0.15) is 47.9 Å². The molecule has 0 atom stereocenters. The van der Waals surface area contributed by atoms with Crippen molar-refractivity contribution in [1.29, 1.82) is 0 Å². The molecule has 2 heterocycles. The summed E-state index contributed by atoms with van der Waals surface area (Å²) >= 11 is 1.71. The molecule has 5 heteroatoms. The molecule has 12 aromatic carbocycles. The first kappa shape index (κ1) is 55.6. The van der Waals surface area contributed by atoms with Gasteiger partial charge in [-0.05, 0) is 148 Å². The Morgan fingerprint density at radius 3 is 1.65 bits per heavy atom. The first-order valence-corrected chi connectivity index (χ1v) is 29.7. The standard InChI is InChI=1S/C60H49N2.C19H12NS.Ir/c1-41-17-14-18-42(2)57(41)59-56-40-54(51-33-31-45-24-10-12-26-48(45)36-51)39-55(52-34-32-46-25-11-13-27-49(46)37-52)58(56)61-60(62-59)53-30-16-29-50(38-53)47-28-15-23-44(35-47)22-7-4-3-6-19-43-20-8-5-9-21-43;1-2-7-14(8-3-1)15-9-6-10-16(13-15)19-20-17-11-4-5-12-18(17)21-19;/h5,8-18,20-21,23-29,31-40H,3-4,6-7,19,22H2,1-2H3;1-9,11-13H;/q2*-1;. The molecule has 0 fully saturated rings. The Hall–Kier alpha value is -8.96. The van der Waals surface area contributed by atoms with Crippen molar-refractivity contribution >= 4 is 54.0 Å². The fourth-order valence-electron chi connectivity index (χ4n) is 11.6. The van der Waals surface area contributed by atoms with E-state index in [0.717, 1.165) is 84.5 Å². The van der Waals surface area contributed by atoms with Crippen molar-refractivity contribution in [3.63, 3.8) is 0 Å². The third-order valence-electron chi connectivity index (χ3n) is 15.9. The summed E-state index contributed by atoms with van der Waals surface area (Å²) in [5.41, 5.74) is 20.4. The van der Waals surface area contributed by atoms with Gasteiger partial charge in [0.1, 0.15) is 0 Å². The van der Waals surface area contributed by atoms with Crippen LogP contribution in [0.5, 0.6) is 0 Å². The zero-order chi connectivity index (χ0) is 55.9. The van der Waals surface area contributed by atoms with Crippen LogP contribution in [0.25, 0.3) is 120 Å². The predicted octanol–water partition coefficient (Wildman–Crippen LogP) is 21.5. The van der Waals surface area contributed by atoms with Gasteiger partial charge >= 0.3 is 0 Å². The van der Waals surface area contributed by atoms with Gasteiger partial charge in [-0.2, -0.15) is 11.3 Å². The molecule has 2 aromatic heterocycles. The second kappa shape index (κ2) is 25.7. The number of nitrogens with zero attached hydrogens (tertiary/aromatic N) is 3. The molecule has 84 heavy (non-hydrogen) atoms. The average Bonchev–Trinajstić information content (AvgIpc) is 1.56. The normalized spacial score (nSPS) is 11.2. The Morgan fingerprint density at radius 1 is 0.381 bits per heavy atom. The first-order valence-electron chi connectivity index (χ1n) is 28.9. The maximum absolute atomic E-state index is 5.53. The van der Waals surface area contributed by atoms with Crippen molar-refractivity contribution in [2.45, 2.75) is 52.4 Å². The Balaban J connectivity index is 0.000000264. The molecule has 0 spiro atoms. The Morgan fingerprint density at radius 2 is 0.929 bits per heavy atom. The van der Waals surface area contributed by atoms with Gasteiger partial charge in [0.2, 0.25) is 0 Å². The van der Waals surface area contributed by atoms with Crippen LogP contribution in [0.3, 0.4) is 0 Å². The van der Waals surface area contributed by atoms with E-state index in [1.165, 1.54) is 90.9 Å². The van der Waals surface area contributed by atoms with Gasteiger partial charge in [0.05, 0.1) is 22.6 Å². The molecule has 14 rings (SSSR count). The zero-order valence-corrected chi connectivity index (χ0v) is 50.4. The number of para-hydroxylation sites is 1.